The molecule has 3 N–H and O–H groups in total. The van der Waals surface area contributed by atoms with Crippen LogP contribution in [0.5, 0.6) is 17.4 Å². The van der Waals surface area contributed by atoms with E-state index in [0.717, 1.165) is 22.4 Å². The van der Waals surface area contributed by atoms with Crippen molar-refractivity contribution in [2.45, 2.75) is 19.4 Å². The van der Waals surface area contributed by atoms with Gasteiger partial charge >= 0.3 is 0 Å². The number of allylic oxidation sites excluding steroid dienone is 1. The van der Waals surface area contributed by atoms with E-state index in [2.05, 4.69) is 16.3 Å². The predicted molar refractivity (Wildman–Crippen MR) is 116 cm³/mol. The summed E-state index contributed by atoms with van der Waals surface area (Å²) in [4.78, 5) is 0. The number of aromatic amines is 1. The van der Waals surface area contributed by atoms with Crippen molar-refractivity contribution < 1.29 is 14.2 Å². The molecule has 0 unspecified atom stereocenters. The fraction of sp³-hybridized carbons (Fsp3) is 0.182. The standard InChI is InChI=1S/C22H18Cl2N4O3/c1-11-19-20(14(9-25)21(26)31-22(19)28-27-11)13-4-6-17(18(8-13)29-2)30-10-12-3-5-15(23)16(24)7-12/h3-8,20H,10,26H2,1-2H3,(H,27,28)/t20-/m0/s1. The molecular weight excluding hydrogens is 439 g/mol. The molecule has 1 aromatic heterocycles. The van der Waals surface area contributed by atoms with Gasteiger partial charge in [-0.25, -0.2) is 0 Å². The highest BCUT2D eigenvalue weighted by molar-refractivity contribution is 6.42. The summed E-state index contributed by atoms with van der Waals surface area (Å²) in [6, 6.07) is 13.0. The van der Waals surface area contributed by atoms with Crippen LogP contribution >= 0.6 is 23.2 Å². The maximum Gasteiger partial charge on any atom is 0.244 e. The van der Waals surface area contributed by atoms with Crippen molar-refractivity contribution in [3.8, 4) is 23.4 Å². The minimum Gasteiger partial charge on any atom is -0.493 e. The normalized spacial score (nSPS) is 15.1. The molecule has 4 rings (SSSR count). The van der Waals surface area contributed by atoms with Gasteiger partial charge in [0, 0.05) is 11.3 Å². The van der Waals surface area contributed by atoms with E-state index < -0.39 is 5.92 Å². The quantitative estimate of drug-likeness (QED) is 0.569. The Hall–Kier alpha value is -3.34. The minimum atomic E-state index is -0.439. The molecule has 0 radical (unpaired) electrons. The van der Waals surface area contributed by atoms with Gasteiger partial charge < -0.3 is 19.9 Å². The Bertz CT molecular complexity index is 1230. The number of fused-ring (bicyclic) bond motifs is 1. The SMILES string of the molecule is COc1cc([C@H]2C(C#N)=C(N)Oc3n[nH]c(C)c32)ccc1OCc1ccc(Cl)c(Cl)c1. The number of nitrogens with one attached hydrogen (secondary N) is 1. The van der Waals surface area contributed by atoms with Gasteiger partial charge in [-0.1, -0.05) is 35.3 Å². The molecule has 0 bridgehead atoms. The van der Waals surface area contributed by atoms with Crippen molar-refractivity contribution in [2.24, 2.45) is 5.73 Å². The lowest BCUT2D eigenvalue weighted by molar-refractivity contribution is 0.284. The van der Waals surface area contributed by atoms with Crippen molar-refractivity contribution in [1.82, 2.24) is 10.2 Å². The van der Waals surface area contributed by atoms with Gasteiger partial charge in [-0.2, -0.15) is 5.26 Å². The number of methoxy groups -OCH3 is 1. The second kappa shape index (κ2) is 8.42. The molecule has 3 aromatic rings. The van der Waals surface area contributed by atoms with Gasteiger partial charge in [-0.3, -0.25) is 5.10 Å². The largest absolute Gasteiger partial charge is 0.493 e. The number of hydrogen-bond acceptors (Lipinski definition) is 6. The highest BCUT2D eigenvalue weighted by Gasteiger charge is 2.34. The zero-order valence-electron chi connectivity index (χ0n) is 16.7. The Morgan fingerprint density at radius 1 is 1.19 bits per heavy atom. The number of H-pyrrole nitrogens is 1. The molecule has 2 aromatic carbocycles. The number of nitrogens with two attached hydrogens (primary N) is 1. The number of rotatable bonds is 5. The summed E-state index contributed by atoms with van der Waals surface area (Å²) in [7, 11) is 1.55. The molecule has 0 amide bonds. The Kier molecular flexibility index (Phi) is 5.68. The van der Waals surface area contributed by atoms with Crippen molar-refractivity contribution in [1.29, 1.82) is 5.26 Å². The maximum absolute atomic E-state index is 9.71. The van der Waals surface area contributed by atoms with E-state index in [4.69, 9.17) is 43.1 Å². The first-order valence-electron chi connectivity index (χ1n) is 9.30. The Labute approximate surface area is 188 Å². The molecular formula is C22H18Cl2N4O3. The fourth-order valence-electron chi connectivity index (χ4n) is 3.51. The average molecular weight is 457 g/mol. The molecule has 2 heterocycles. The van der Waals surface area contributed by atoms with Gasteiger partial charge in [0.2, 0.25) is 11.8 Å². The summed E-state index contributed by atoms with van der Waals surface area (Å²) in [5, 5.41) is 17.7. The molecule has 7 nitrogen and oxygen atoms in total. The second-order valence-corrected chi connectivity index (χ2v) is 7.75. The van der Waals surface area contributed by atoms with Gasteiger partial charge in [-0.15, -0.1) is 5.10 Å². The minimum absolute atomic E-state index is 0.0328. The number of halogens is 2. The van der Waals surface area contributed by atoms with Crippen LogP contribution in [0.2, 0.25) is 10.0 Å². The molecule has 0 aliphatic carbocycles. The van der Waals surface area contributed by atoms with Crippen molar-refractivity contribution in [2.75, 3.05) is 7.11 Å². The van der Waals surface area contributed by atoms with Gasteiger partial charge in [0.05, 0.1) is 23.1 Å². The molecule has 0 saturated heterocycles. The Morgan fingerprint density at radius 2 is 2.00 bits per heavy atom. The summed E-state index contributed by atoms with van der Waals surface area (Å²) in [6.07, 6.45) is 0. The zero-order valence-corrected chi connectivity index (χ0v) is 18.2. The van der Waals surface area contributed by atoms with E-state index in [1.54, 1.807) is 25.3 Å². The van der Waals surface area contributed by atoms with E-state index in [1.165, 1.54) is 0 Å². The molecule has 0 fully saturated rings. The van der Waals surface area contributed by atoms with Crippen molar-refractivity contribution in [3.63, 3.8) is 0 Å². The highest BCUT2D eigenvalue weighted by atomic mass is 35.5. The molecule has 31 heavy (non-hydrogen) atoms. The van der Waals surface area contributed by atoms with E-state index in [-0.39, 0.29) is 12.5 Å². The van der Waals surface area contributed by atoms with Crippen LogP contribution in [-0.2, 0) is 6.61 Å². The molecule has 1 aliphatic rings. The second-order valence-electron chi connectivity index (χ2n) is 6.94. The topological polar surface area (TPSA) is 106 Å². The molecule has 0 saturated carbocycles. The summed E-state index contributed by atoms with van der Waals surface area (Å²) < 4.78 is 17.0. The van der Waals surface area contributed by atoms with Crippen LogP contribution < -0.4 is 19.9 Å². The third kappa shape index (κ3) is 3.88. The Morgan fingerprint density at radius 3 is 2.71 bits per heavy atom. The number of ether oxygens (including phenoxy) is 3. The first kappa shape index (κ1) is 20.9. The Balaban J connectivity index is 1.67. The summed E-state index contributed by atoms with van der Waals surface area (Å²) >= 11 is 12.0. The van der Waals surface area contributed by atoms with Crippen LogP contribution in [0.1, 0.15) is 28.3 Å². The number of aryl methyl sites for hydroxylation is 1. The lowest BCUT2D eigenvalue weighted by atomic mass is 9.84. The lowest BCUT2D eigenvalue weighted by Crippen LogP contribution is -2.21. The molecule has 0 spiro atoms. The summed E-state index contributed by atoms with van der Waals surface area (Å²) in [6.45, 7) is 2.15. The van der Waals surface area contributed by atoms with Gasteiger partial charge in [0.15, 0.2) is 11.5 Å². The molecule has 1 aliphatic heterocycles. The summed E-state index contributed by atoms with van der Waals surface area (Å²) in [5.41, 5.74) is 9.51. The number of nitriles is 1. The van der Waals surface area contributed by atoms with Gasteiger partial charge in [-0.05, 0) is 42.3 Å². The highest BCUT2D eigenvalue weighted by Crippen LogP contribution is 2.44. The molecule has 9 heteroatoms. The van der Waals surface area contributed by atoms with Crippen LogP contribution in [0, 0.1) is 18.3 Å². The van der Waals surface area contributed by atoms with Crippen LogP contribution in [-0.4, -0.2) is 17.3 Å². The van der Waals surface area contributed by atoms with Crippen LogP contribution in [0.15, 0.2) is 47.9 Å². The third-order valence-electron chi connectivity index (χ3n) is 5.03. The average Bonchev–Trinajstić information content (AvgIpc) is 3.13. The fourth-order valence-corrected chi connectivity index (χ4v) is 3.83. The van der Waals surface area contributed by atoms with E-state index >= 15 is 0 Å². The predicted octanol–water partition coefficient (Wildman–Crippen LogP) is 4.83. The molecule has 1 atom stereocenters. The zero-order chi connectivity index (χ0) is 22.1. The first-order chi connectivity index (χ1) is 14.9. The van der Waals surface area contributed by atoms with E-state index in [9.17, 15) is 5.26 Å². The third-order valence-corrected chi connectivity index (χ3v) is 5.77. The first-order valence-corrected chi connectivity index (χ1v) is 10.1. The van der Waals surface area contributed by atoms with Gasteiger partial charge in [0.25, 0.3) is 0 Å². The number of nitrogens with zero attached hydrogens (tertiary/aromatic N) is 2. The smallest absolute Gasteiger partial charge is 0.244 e. The van der Waals surface area contributed by atoms with Crippen molar-refractivity contribution in [3.05, 3.63) is 80.3 Å². The monoisotopic (exact) mass is 456 g/mol. The van der Waals surface area contributed by atoms with E-state index in [0.29, 0.717) is 33.0 Å². The van der Waals surface area contributed by atoms with Crippen LogP contribution in [0.25, 0.3) is 0 Å². The number of aromatic nitrogens is 2. The van der Waals surface area contributed by atoms with Crippen LogP contribution in [0.4, 0.5) is 0 Å². The van der Waals surface area contributed by atoms with Gasteiger partial charge in [0.1, 0.15) is 18.2 Å². The number of hydrogen-bond donors (Lipinski definition) is 2. The maximum atomic E-state index is 9.71. The van der Waals surface area contributed by atoms with E-state index in [1.807, 2.05) is 25.1 Å². The van der Waals surface area contributed by atoms with Crippen molar-refractivity contribution >= 4 is 23.2 Å². The molecule has 158 valence electrons. The number of benzene rings is 2. The lowest BCUT2D eigenvalue weighted by Gasteiger charge is -2.24. The van der Waals surface area contributed by atoms with Crippen LogP contribution in [0.3, 0.4) is 0 Å². The summed E-state index contributed by atoms with van der Waals surface area (Å²) in [5.74, 6) is 1.01.